The summed E-state index contributed by atoms with van der Waals surface area (Å²) in [4.78, 5) is 0. The molecular formula is C2H40B11NO33. The fourth-order valence-corrected chi connectivity index (χ4v) is 0. The molecule has 47 heavy (non-hydrogen) atoms. The molecule has 34 nitrogen and oxygen atoms in total. The first-order valence-electron chi connectivity index (χ1n) is 9.52. The van der Waals surface area contributed by atoms with Crippen molar-refractivity contribution >= 4 is 80.5 Å². The topological polar surface area (TPSA) is 680 Å². The lowest BCUT2D eigenvalue weighted by molar-refractivity contribution is 0.276. The van der Waals surface area contributed by atoms with E-state index < -0.39 is 80.5 Å². The average Bonchev–Trinajstić information content (AvgIpc) is 2.62. The molecule has 0 bridgehead atoms. The van der Waals surface area contributed by atoms with Gasteiger partial charge in [-0.1, -0.05) is 0 Å². The van der Waals surface area contributed by atoms with Crippen LogP contribution in [0.4, 0.5) is 0 Å². The molecule has 0 aromatic heterocycles. The predicted octanol–water partition coefficient (Wildman–Crippen LogP) is -22.7. The third kappa shape index (κ3) is 204000. The molecule has 45 heteroatoms. The molecule has 0 rings (SSSR count). The minimum atomic E-state index is -2.17. The summed E-state index contributed by atoms with van der Waals surface area (Å²) in [5.41, 5.74) is 0. The van der Waals surface area contributed by atoms with Gasteiger partial charge < -0.3 is 171 Å². The monoisotopic (exact) mass is 727 g/mol. The molecule has 0 amide bonds. The summed E-state index contributed by atoms with van der Waals surface area (Å²) in [6.07, 6.45) is 0. The molecule has 0 aliphatic carbocycles. The van der Waals surface area contributed by atoms with Gasteiger partial charge in [0.2, 0.25) is 0 Å². The Labute approximate surface area is 266 Å². The zero-order chi connectivity index (χ0) is 42.1. The predicted molar refractivity (Wildman–Crippen MR) is 151 cm³/mol. The van der Waals surface area contributed by atoms with E-state index in [1.807, 2.05) is 14.1 Å². The van der Waals surface area contributed by atoms with Crippen molar-refractivity contribution in [1.29, 1.82) is 0 Å². The quantitative estimate of drug-likeness (QED) is 0.103. The Hall–Kier alpha value is -0.646. The number of rotatable bonds is 0. The van der Waals surface area contributed by atoms with Crippen molar-refractivity contribution in [3.63, 3.8) is 0 Å². The second kappa shape index (κ2) is 80.2. The van der Waals surface area contributed by atoms with Crippen molar-refractivity contribution in [2.45, 2.75) is 0 Å². The molecule has 0 fully saturated rings. The summed E-state index contributed by atoms with van der Waals surface area (Å²) in [6.45, 7) is 0. The molecule has 0 radical (unpaired) electrons. The largest absolute Gasteiger partial charge is 0.631 e. The summed E-state index contributed by atoms with van der Waals surface area (Å²) in [7, 11) is -20.1. The van der Waals surface area contributed by atoms with Crippen LogP contribution in [-0.4, -0.2) is 260 Å². The first-order chi connectivity index (χ1) is 20.5. The van der Waals surface area contributed by atoms with Gasteiger partial charge in [0, 0.05) is 0 Å². The lowest BCUT2D eigenvalue weighted by atomic mass is 10.3. The highest BCUT2D eigenvalue weighted by atomic mass is 16.6. The molecule has 0 saturated heterocycles. The highest BCUT2D eigenvalue weighted by molar-refractivity contribution is 6.32. The van der Waals surface area contributed by atoms with E-state index in [0.29, 0.717) is 0 Å². The molecule has 0 heterocycles. The summed E-state index contributed by atoms with van der Waals surface area (Å²) in [6, 6.07) is 0. The molecule has 0 aromatic carbocycles. The van der Waals surface area contributed by atoms with Gasteiger partial charge in [-0.05, 0) is 14.1 Å². The van der Waals surface area contributed by atoms with Crippen LogP contribution in [0.15, 0.2) is 0 Å². The van der Waals surface area contributed by atoms with Gasteiger partial charge in [0.25, 0.3) is 0 Å². The van der Waals surface area contributed by atoms with Gasteiger partial charge in [0.15, 0.2) is 0 Å². The van der Waals surface area contributed by atoms with Gasteiger partial charge in [-0.2, -0.15) is 0 Å². The zero-order valence-corrected chi connectivity index (χ0v) is 23.6. The third-order valence-electron chi connectivity index (χ3n) is 0. The Morgan fingerprint density at radius 1 is 0.170 bits per heavy atom. The number of hydrogen-bond donors (Lipinski definition) is 34. The highest BCUT2D eigenvalue weighted by Crippen LogP contribution is 1.44. The van der Waals surface area contributed by atoms with Crippen LogP contribution in [-0.2, 0) is 0 Å². The minimum absolute atomic E-state index is 1.88. The first-order valence-corrected chi connectivity index (χ1v) is 9.52. The van der Waals surface area contributed by atoms with E-state index in [2.05, 4.69) is 5.32 Å². The van der Waals surface area contributed by atoms with Crippen molar-refractivity contribution in [2.75, 3.05) is 14.1 Å². The number of hydrogen-bond acceptors (Lipinski definition) is 34. The van der Waals surface area contributed by atoms with Gasteiger partial charge in [-0.25, -0.2) is 0 Å². The smallest absolute Gasteiger partial charge is 0.402 e. The zero-order valence-electron chi connectivity index (χ0n) is 23.6. The van der Waals surface area contributed by atoms with E-state index in [1.54, 1.807) is 0 Å². The van der Waals surface area contributed by atoms with E-state index in [4.69, 9.17) is 166 Å². The van der Waals surface area contributed by atoms with Crippen molar-refractivity contribution < 1.29 is 166 Å². The van der Waals surface area contributed by atoms with Crippen molar-refractivity contribution in [3.8, 4) is 0 Å². The molecule has 0 atom stereocenters. The Morgan fingerprint density at radius 3 is 0.170 bits per heavy atom. The van der Waals surface area contributed by atoms with E-state index in [9.17, 15) is 0 Å². The Balaban J connectivity index is -0.0000000285. The molecule has 284 valence electrons. The lowest BCUT2D eigenvalue weighted by Gasteiger charge is -1.69. The molecule has 0 saturated carbocycles. The summed E-state index contributed by atoms with van der Waals surface area (Å²) in [5.74, 6) is 0. The van der Waals surface area contributed by atoms with Crippen LogP contribution in [0.25, 0.3) is 0 Å². The van der Waals surface area contributed by atoms with E-state index in [1.165, 1.54) is 0 Å². The van der Waals surface area contributed by atoms with Crippen LogP contribution in [0.2, 0.25) is 0 Å². The fraction of sp³-hybridized carbons (Fsp3) is 1.00. The van der Waals surface area contributed by atoms with E-state index >= 15 is 0 Å². The molecule has 0 unspecified atom stereocenters. The highest BCUT2D eigenvalue weighted by Gasteiger charge is 1.96. The second-order valence-corrected chi connectivity index (χ2v) is 4.31. The SMILES string of the molecule is CNC.OB(O)O.OB(O)O.OB(O)O.OB(O)O.OB(O)O.OB(O)O.OB(O)O.OB(O)O.OB(O)O.OB(O)O.OB(O)O. The van der Waals surface area contributed by atoms with Gasteiger partial charge in [0.05, 0.1) is 0 Å². The molecule has 0 spiro atoms. The van der Waals surface area contributed by atoms with Crippen LogP contribution in [0.5, 0.6) is 0 Å². The normalized spacial score (nSPS) is 6.70. The maximum Gasteiger partial charge on any atom is 0.631 e. The molecular weight excluding hydrogens is 685 g/mol. The van der Waals surface area contributed by atoms with Crippen LogP contribution >= 0.6 is 0 Å². The minimum Gasteiger partial charge on any atom is -0.402 e. The third-order valence-corrected chi connectivity index (χ3v) is 0. The summed E-state index contributed by atoms with van der Waals surface area (Å²) in [5, 5.41) is 239. The number of nitrogens with one attached hydrogen (secondary N) is 1. The van der Waals surface area contributed by atoms with E-state index in [-0.39, 0.29) is 0 Å². The molecule has 34 N–H and O–H groups in total. The van der Waals surface area contributed by atoms with Gasteiger partial charge >= 0.3 is 80.5 Å². The Morgan fingerprint density at radius 2 is 0.170 bits per heavy atom. The van der Waals surface area contributed by atoms with Crippen molar-refractivity contribution in [1.82, 2.24) is 5.32 Å². The van der Waals surface area contributed by atoms with Gasteiger partial charge in [0.1, 0.15) is 0 Å². The van der Waals surface area contributed by atoms with Crippen molar-refractivity contribution in [2.24, 2.45) is 0 Å². The fourth-order valence-electron chi connectivity index (χ4n) is 0. The second-order valence-electron chi connectivity index (χ2n) is 4.31. The maximum atomic E-state index is 7.17. The molecule has 0 aliphatic rings. The maximum absolute atomic E-state index is 7.17. The lowest BCUT2D eigenvalue weighted by Crippen LogP contribution is -2.07. The van der Waals surface area contributed by atoms with Crippen molar-refractivity contribution in [3.05, 3.63) is 0 Å². The van der Waals surface area contributed by atoms with Gasteiger partial charge in [-0.15, -0.1) is 0 Å². The van der Waals surface area contributed by atoms with Crippen LogP contribution in [0.3, 0.4) is 0 Å². The first kappa shape index (κ1) is 80.8. The van der Waals surface area contributed by atoms with Gasteiger partial charge in [-0.3, -0.25) is 0 Å². The Bertz CT molecular complexity index is 234. The Kier molecular flexibility index (Phi) is 138. The molecule has 0 aliphatic heterocycles. The van der Waals surface area contributed by atoms with E-state index in [0.717, 1.165) is 0 Å². The van der Waals surface area contributed by atoms with Crippen LogP contribution < -0.4 is 5.32 Å². The average molecular weight is 725 g/mol. The summed E-state index contributed by atoms with van der Waals surface area (Å²) < 4.78 is 0. The standard InChI is InChI=1S/C2H7N.11BH3O3/c1-3-2;11*2-1(3)4/h3H,1-2H3;11*2-4H. The summed E-state index contributed by atoms with van der Waals surface area (Å²) >= 11 is 0. The van der Waals surface area contributed by atoms with Crippen LogP contribution in [0, 0.1) is 0 Å². The van der Waals surface area contributed by atoms with Crippen LogP contribution in [0.1, 0.15) is 0 Å². The molecule has 0 aromatic rings.